The van der Waals surface area contributed by atoms with Crippen LogP contribution in [-0.2, 0) is 32.7 Å². The van der Waals surface area contributed by atoms with Crippen molar-refractivity contribution in [2.75, 3.05) is 19.8 Å². The van der Waals surface area contributed by atoms with Crippen molar-refractivity contribution in [2.45, 2.75) is 167 Å². The molecule has 11 nitrogen and oxygen atoms in total. The van der Waals surface area contributed by atoms with E-state index in [0.29, 0.717) is 12.8 Å². The third-order valence-corrected chi connectivity index (χ3v) is 9.81. The predicted molar refractivity (Wildman–Crippen MR) is 244 cm³/mol. The normalized spacial score (nSPS) is 14.6. The van der Waals surface area contributed by atoms with E-state index in [1.807, 2.05) is 0 Å². The number of rotatable bonds is 40. The Morgan fingerprint density at radius 1 is 0.550 bits per heavy atom. The van der Waals surface area contributed by atoms with Crippen molar-refractivity contribution in [3.63, 3.8) is 0 Å². The first kappa shape index (κ1) is 56.4. The molecule has 0 heterocycles. The average molecular weight is 860 g/mol. The van der Waals surface area contributed by atoms with Crippen LogP contribution in [0.15, 0.2) is 97.2 Å². The molecule has 4 N–H and O–H groups in total. The molecule has 0 bridgehead atoms. The SMILES string of the molecule is CC/C=C\C/C=C\C/C=C\C/C=C\CCCCC(=O)OCC(O)COP(=O)(O)OCC(NC(=O)CCCCCCC/C=C\C/C=C\C/C=C\C/C=C\CCCCC)C(=O)O. The number of allylic oxidation sites excluding steroid dienone is 16. The zero-order valence-corrected chi connectivity index (χ0v) is 37.6. The third kappa shape index (κ3) is 41.1. The number of phosphoric ester groups is 1. The summed E-state index contributed by atoms with van der Waals surface area (Å²) in [5.41, 5.74) is 0. The number of esters is 1. The number of amides is 1. The molecule has 0 aliphatic heterocycles. The number of carboxylic acid groups (broad SMARTS) is 1. The molecule has 3 unspecified atom stereocenters. The number of phosphoric acid groups is 1. The molecule has 60 heavy (non-hydrogen) atoms. The van der Waals surface area contributed by atoms with Gasteiger partial charge in [-0.2, -0.15) is 0 Å². The maximum atomic E-state index is 12.3. The van der Waals surface area contributed by atoms with Gasteiger partial charge in [-0.3, -0.25) is 18.6 Å². The van der Waals surface area contributed by atoms with Crippen molar-refractivity contribution in [1.29, 1.82) is 0 Å². The highest BCUT2D eigenvalue weighted by Gasteiger charge is 2.28. The number of carbonyl (C=O) groups is 3. The molecule has 3 atom stereocenters. The summed E-state index contributed by atoms with van der Waals surface area (Å²) in [7, 11) is -4.78. The minimum Gasteiger partial charge on any atom is -0.480 e. The van der Waals surface area contributed by atoms with E-state index >= 15 is 0 Å². The Morgan fingerprint density at radius 3 is 1.47 bits per heavy atom. The molecule has 0 aliphatic carbocycles. The zero-order chi connectivity index (χ0) is 44.2. The molecule has 1 amide bonds. The molecule has 0 aromatic heterocycles. The Labute approximate surface area is 362 Å². The van der Waals surface area contributed by atoms with Crippen LogP contribution in [0.1, 0.15) is 155 Å². The summed E-state index contributed by atoms with van der Waals surface area (Å²) in [6, 6.07) is -1.57. The van der Waals surface area contributed by atoms with E-state index in [1.165, 1.54) is 25.7 Å². The fourth-order valence-corrected chi connectivity index (χ4v) is 6.18. The van der Waals surface area contributed by atoms with Crippen molar-refractivity contribution in [1.82, 2.24) is 5.32 Å². The fourth-order valence-electron chi connectivity index (χ4n) is 5.40. The molecule has 0 radical (unpaired) electrons. The van der Waals surface area contributed by atoms with Gasteiger partial charge >= 0.3 is 19.8 Å². The van der Waals surface area contributed by atoms with E-state index in [-0.39, 0.29) is 12.8 Å². The van der Waals surface area contributed by atoms with Crippen LogP contribution >= 0.6 is 7.82 Å². The number of aliphatic carboxylic acids is 1. The first-order valence-electron chi connectivity index (χ1n) is 22.3. The molecular formula is C48H78NO10P. The smallest absolute Gasteiger partial charge is 0.472 e. The highest BCUT2D eigenvalue weighted by Crippen LogP contribution is 2.43. The summed E-state index contributed by atoms with van der Waals surface area (Å²) in [5, 5.41) is 21.8. The van der Waals surface area contributed by atoms with Crippen molar-refractivity contribution >= 4 is 25.7 Å². The Morgan fingerprint density at radius 2 is 0.967 bits per heavy atom. The summed E-state index contributed by atoms with van der Waals surface area (Å²) in [6.45, 7) is 2.37. The van der Waals surface area contributed by atoms with Crippen LogP contribution in [-0.4, -0.2) is 64.9 Å². The van der Waals surface area contributed by atoms with Crippen LogP contribution in [0.4, 0.5) is 0 Å². The number of unbranched alkanes of at least 4 members (excludes halogenated alkanes) is 10. The first-order chi connectivity index (χ1) is 29.1. The fraction of sp³-hybridized carbons (Fsp3) is 0.604. The zero-order valence-electron chi connectivity index (χ0n) is 36.7. The molecule has 340 valence electrons. The number of carbonyl (C=O) groups excluding carboxylic acids is 2. The van der Waals surface area contributed by atoms with Crippen LogP contribution in [0.5, 0.6) is 0 Å². The number of aliphatic hydroxyl groups is 1. The van der Waals surface area contributed by atoms with Crippen LogP contribution in [0.2, 0.25) is 0 Å². The Bertz CT molecular complexity index is 1380. The lowest BCUT2D eigenvalue weighted by Crippen LogP contribution is -2.43. The monoisotopic (exact) mass is 860 g/mol. The Hall–Kier alpha value is -3.60. The van der Waals surface area contributed by atoms with Crippen LogP contribution in [0.3, 0.4) is 0 Å². The predicted octanol–water partition coefficient (Wildman–Crippen LogP) is 11.7. The molecule has 0 aromatic rings. The second-order valence-electron chi connectivity index (χ2n) is 14.5. The second kappa shape index (κ2) is 42.1. The summed E-state index contributed by atoms with van der Waals surface area (Å²) < 4.78 is 26.8. The van der Waals surface area contributed by atoms with Gasteiger partial charge in [0.25, 0.3) is 0 Å². The van der Waals surface area contributed by atoms with Crippen molar-refractivity contribution in [2.24, 2.45) is 0 Å². The van der Waals surface area contributed by atoms with Crippen molar-refractivity contribution in [3.8, 4) is 0 Å². The van der Waals surface area contributed by atoms with Crippen molar-refractivity contribution < 1.29 is 47.8 Å². The highest BCUT2D eigenvalue weighted by atomic mass is 31.2. The maximum Gasteiger partial charge on any atom is 0.472 e. The Balaban J connectivity index is 4.01. The third-order valence-electron chi connectivity index (χ3n) is 8.86. The van der Waals surface area contributed by atoms with Gasteiger partial charge in [0.15, 0.2) is 6.04 Å². The quantitative estimate of drug-likeness (QED) is 0.0201. The maximum absolute atomic E-state index is 12.3. The van der Waals surface area contributed by atoms with Gasteiger partial charge in [-0.25, -0.2) is 9.36 Å². The minimum absolute atomic E-state index is 0.116. The van der Waals surface area contributed by atoms with E-state index in [2.05, 4.69) is 116 Å². The molecule has 0 fully saturated rings. The number of hydrogen-bond donors (Lipinski definition) is 4. The van der Waals surface area contributed by atoms with E-state index < -0.39 is 57.6 Å². The molecule has 0 aromatic carbocycles. The number of nitrogens with one attached hydrogen (secondary N) is 1. The average Bonchev–Trinajstić information content (AvgIpc) is 3.22. The number of aliphatic hydroxyl groups excluding tert-OH is 1. The van der Waals surface area contributed by atoms with E-state index in [9.17, 15) is 34.1 Å². The number of ether oxygens (including phenoxy) is 1. The molecule has 0 aliphatic rings. The van der Waals surface area contributed by atoms with Gasteiger partial charge in [0.05, 0.1) is 13.2 Å². The van der Waals surface area contributed by atoms with Gasteiger partial charge < -0.3 is 25.2 Å². The Kier molecular flexibility index (Phi) is 39.6. The standard InChI is InChI=1S/C48H78NO10P/c1-3-5-7-9-11-13-15-17-19-20-21-22-23-24-26-27-29-31-33-35-37-39-46(51)49-45(48(53)54)43-59-60(55,56)58-42-44(50)41-57-47(52)40-38-36-34-32-30-28-25-18-16-14-12-10-8-6-4-2/h6,8,11-14,17-19,21-22,24-26,30,32,44-45,50H,3-5,7,9-10,15-16,20,23,27-29,31,33-43H2,1-2H3,(H,49,51)(H,53,54)(H,55,56)/b8-6-,13-11-,14-12-,19-17-,22-21-,25-18-,26-24-,32-30-. The molecule has 0 saturated heterocycles. The van der Waals surface area contributed by atoms with E-state index in [4.69, 9.17) is 13.8 Å². The van der Waals surface area contributed by atoms with Crippen LogP contribution in [0.25, 0.3) is 0 Å². The first-order valence-corrected chi connectivity index (χ1v) is 23.8. The second-order valence-corrected chi connectivity index (χ2v) is 16.0. The van der Waals surface area contributed by atoms with Crippen molar-refractivity contribution in [3.05, 3.63) is 97.2 Å². The van der Waals surface area contributed by atoms with E-state index in [1.54, 1.807) is 0 Å². The molecular weight excluding hydrogens is 781 g/mol. The van der Waals surface area contributed by atoms with Crippen LogP contribution < -0.4 is 5.32 Å². The van der Waals surface area contributed by atoms with Gasteiger partial charge in [0, 0.05) is 12.8 Å². The van der Waals surface area contributed by atoms with Gasteiger partial charge in [0.1, 0.15) is 12.7 Å². The lowest BCUT2D eigenvalue weighted by atomic mass is 10.1. The highest BCUT2D eigenvalue weighted by molar-refractivity contribution is 7.47. The summed E-state index contributed by atoms with van der Waals surface area (Å²) in [6.07, 6.45) is 52.9. The number of carboxylic acids is 1. The molecule has 0 spiro atoms. The van der Waals surface area contributed by atoms with Gasteiger partial charge in [-0.1, -0.05) is 143 Å². The van der Waals surface area contributed by atoms with E-state index in [0.717, 1.165) is 89.9 Å². The summed E-state index contributed by atoms with van der Waals surface area (Å²) in [4.78, 5) is 45.9. The lowest BCUT2D eigenvalue weighted by molar-refractivity contribution is -0.147. The summed E-state index contributed by atoms with van der Waals surface area (Å²) >= 11 is 0. The molecule has 12 heteroatoms. The van der Waals surface area contributed by atoms with Gasteiger partial charge in [-0.15, -0.1) is 0 Å². The van der Waals surface area contributed by atoms with Crippen LogP contribution in [0, 0.1) is 0 Å². The summed E-state index contributed by atoms with van der Waals surface area (Å²) in [5.74, 6) is -2.46. The minimum atomic E-state index is -4.78. The number of hydrogen-bond acceptors (Lipinski definition) is 8. The largest absolute Gasteiger partial charge is 0.480 e. The molecule has 0 rings (SSSR count). The van der Waals surface area contributed by atoms with Gasteiger partial charge in [-0.05, 0) is 96.3 Å². The van der Waals surface area contributed by atoms with Gasteiger partial charge in [0.2, 0.25) is 5.91 Å². The topological polar surface area (TPSA) is 169 Å². The molecule has 0 saturated carbocycles. The lowest BCUT2D eigenvalue weighted by Gasteiger charge is -2.18.